The van der Waals surface area contributed by atoms with Crippen molar-refractivity contribution < 1.29 is 0 Å². The molecule has 1 N–H and O–H groups in total. The molecule has 1 aliphatic rings. The molecule has 0 aliphatic carbocycles. The highest BCUT2D eigenvalue weighted by Gasteiger charge is 2.30. The van der Waals surface area contributed by atoms with Gasteiger partial charge in [-0.05, 0) is 32.7 Å². The number of hydrogen-bond acceptors (Lipinski definition) is 3. The summed E-state index contributed by atoms with van der Waals surface area (Å²) in [7, 11) is 0. The molecule has 1 aromatic heterocycles. The second-order valence-electron chi connectivity index (χ2n) is 5.95. The molecular formula is C15H24N4. The zero-order valence-electron chi connectivity index (χ0n) is 12.1. The molecule has 1 aromatic rings. The van der Waals surface area contributed by atoms with E-state index >= 15 is 0 Å². The lowest BCUT2D eigenvalue weighted by atomic mass is 9.83. The van der Waals surface area contributed by atoms with Gasteiger partial charge in [0.15, 0.2) is 0 Å². The number of unbranched alkanes of at least 4 members (excludes halogenated alkanes) is 1. The first kappa shape index (κ1) is 14.1. The van der Waals surface area contributed by atoms with Crippen LogP contribution in [-0.2, 0) is 13.0 Å². The van der Waals surface area contributed by atoms with E-state index in [9.17, 15) is 5.26 Å². The molecule has 0 aromatic carbocycles. The summed E-state index contributed by atoms with van der Waals surface area (Å²) in [4.78, 5) is 10.2. The molecule has 0 amide bonds. The molecule has 2 rings (SSSR count). The van der Waals surface area contributed by atoms with E-state index in [-0.39, 0.29) is 5.41 Å². The van der Waals surface area contributed by atoms with Crippen LogP contribution in [0, 0.1) is 16.7 Å². The van der Waals surface area contributed by atoms with Crippen molar-refractivity contribution in [1.29, 1.82) is 5.26 Å². The van der Waals surface area contributed by atoms with E-state index in [4.69, 9.17) is 0 Å². The van der Waals surface area contributed by atoms with Crippen LogP contribution in [0.15, 0.2) is 6.20 Å². The van der Waals surface area contributed by atoms with E-state index in [1.54, 1.807) is 0 Å². The van der Waals surface area contributed by atoms with Gasteiger partial charge in [-0.1, -0.05) is 13.3 Å². The number of rotatable bonds is 5. The van der Waals surface area contributed by atoms with Gasteiger partial charge in [-0.3, -0.25) is 4.90 Å². The fourth-order valence-electron chi connectivity index (χ4n) is 2.77. The molecule has 1 aliphatic heterocycles. The van der Waals surface area contributed by atoms with Gasteiger partial charge in [-0.2, -0.15) is 5.26 Å². The molecule has 1 atom stereocenters. The number of H-pyrrole nitrogens is 1. The van der Waals surface area contributed by atoms with Crippen LogP contribution in [0.1, 0.15) is 51.0 Å². The molecule has 19 heavy (non-hydrogen) atoms. The number of likely N-dealkylation sites (tertiary alicyclic amines) is 1. The van der Waals surface area contributed by atoms with E-state index in [1.807, 2.05) is 6.20 Å². The van der Waals surface area contributed by atoms with Crippen molar-refractivity contribution in [2.45, 2.75) is 52.5 Å². The minimum atomic E-state index is -0.177. The maximum atomic E-state index is 9.24. The van der Waals surface area contributed by atoms with Crippen molar-refractivity contribution in [2.75, 3.05) is 13.1 Å². The summed E-state index contributed by atoms with van der Waals surface area (Å²) in [6.07, 6.45) is 7.49. The number of aromatic amines is 1. The van der Waals surface area contributed by atoms with Gasteiger partial charge in [0.1, 0.15) is 5.82 Å². The number of nitrogens with zero attached hydrogens (tertiary/aromatic N) is 3. The van der Waals surface area contributed by atoms with E-state index in [2.05, 4.69) is 34.8 Å². The number of nitriles is 1. The molecule has 0 radical (unpaired) electrons. The van der Waals surface area contributed by atoms with E-state index in [0.717, 1.165) is 44.7 Å². The molecule has 1 fully saturated rings. The third kappa shape index (κ3) is 3.81. The highest BCUT2D eigenvalue weighted by atomic mass is 15.1. The molecule has 0 saturated carbocycles. The van der Waals surface area contributed by atoms with Crippen LogP contribution in [0.3, 0.4) is 0 Å². The van der Waals surface area contributed by atoms with E-state index in [0.29, 0.717) is 0 Å². The first-order valence-corrected chi connectivity index (χ1v) is 7.31. The van der Waals surface area contributed by atoms with Crippen molar-refractivity contribution in [3.8, 4) is 6.07 Å². The Kier molecular flexibility index (Phi) is 4.60. The molecular weight excluding hydrogens is 236 g/mol. The van der Waals surface area contributed by atoms with Crippen molar-refractivity contribution in [1.82, 2.24) is 14.9 Å². The minimum Gasteiger partial charge on any atom is -0.345 e. The molecule has 1 saturated heterocycles. The van der Waals surface area contributed by atoms with Gasteiger partial charge >= 0.3 is 0 Å². The van der Waals surface area contributed by atoms with E-state index < -0.39 is 0 Å². The second kappa shape index (κ2) is 6.21. The largest absolute Gasteiger partial charge is 0.345 e. The number of imidazole rings is 1. The van der Waals surface area contributed by atoms with Crippen LogP contribution in [0.2, 0.25) is 0 Å². The predicted molar refractivity (Wildman–Crippen MR) is 75.4 cm³/mol. The molecule has 2 heterocycles. The summed E-state index contributed by atoms with van der Waals surface area (Å²) in [6, 6.07) is 2.46. The normalized spacial score (nSPS) is 24.3. The van der Waals surface area contributed by atoms with Gasteiger partial charge < -0.3 is 4.98 Å². The topological polar surface area (TPSA) is 55.7 Å². The van der Waals surface area contributed by atoms with Crippen molar-refractivity contribution >= 4 is 0 Å². The van der Waals surface area contributed by atoms with Crippen molar-refractivity contribution in [3.63, 3.8) is 0 Å². The Hall–Kier alpha value is -1.34. The Bertz CT molecular complexity index is 445. The van der Waals surface area contributed by atoms with Gasteiger partial charge in [0, 0.05) is 31.4 Å². The summed E-state index contributed by atoms with van der Waals surface area (Å²) in [6.45, 7) is 7.10. The smallest absolute Gasteiger partial charge is 0.106 e. The average molecular weight is 260 g/mol. The van der Waals surface area contributed by atoms with Crippen molar-refractivity contribution in [3.05, 3.63) is 17.7 Å². The molecule has 4 heteroatoms. The molecule has 0 bridgehead atoms. The molecule has 0 spiro atoms. The number of piperidine rings is 1. The zero-order valence-corrected chi connectivity index (χ0v) is 12.1. The Balaban J connectivity index is 1.90. The van der Waals surface area contributed by atoms with Gasteiger partial charge in [0.2, 0.25) is 0 Å². The monoisotopic (exact) mass is 260 g/mol. The lowest BCUT2D eigenvalue weighted by Crippen LogP contribution is -2.40. The SMILES string of the molecule is CCCCc1ncc(CN2CCC[C@@](C)(C#N)C2)[nH]1. The summed E-state index contributed by atoms with van der Waals surface area (Å²) >= 11 is 0. The summed E-state index contributed by atoms with van der Waals surface area (Å²) in [5, 5.41) is 9.24. The summed E-state index contributed by atoms with van der Waals surface area (Å²) in [5.74, 6) is 1.09. The Labute approximate surface area is 115 Å². The summed E-state index contributed by atoms with van der Waals surface area (Å²) < 4.78 is 0. The predicted octanol–water partition coefficient (Wildman–Crippen LogP) is 2.88. The third-order valence-electron chi connectivity index (χ3n) is 3.89. The quantitative estimate of drug-likeness (QED) is 0.885. The minimum absolute atomic E-state index is 0.177. The number of nitrogens with one attached hydrogen (secondary N) is 1. The fraction of sp³-hybridized carbons (Fsp3) is 0.733. The van der Waals surface area contributed by atoms with Gasteiger partial charge in [-0.15, -0.1) is 0 Å². The zero-order chi connectivity index (χ0) is 13.7. The molecule has 4 nitrogen and oxygen atoms in total. The standard InChI is InChI=1S/C15H24N4/c1-3-4-6-14-17-9-13(18-14)10-19-8-5-7-15(2,11-16)12-19/h9H,3-8,10,12H2,1-2H3,(H,17,18)/t15-/m0/s1. The number of aromatic nitrogens is 2. The molecule has 0 unspecified atom stereocenters. The van der Waals surface area contributed by atoms with Crippen LogP contribution in [0.25, 0.3) is 0 Å². The Morgan fingerprint density at radius 3 is 3.16 bits per heavy atom. The van der Waals surface area contributed by atoms with Crippen LogP contribution < -0.4 is 0 Å². The van der Waals surface area contributed by atoms with Crippen LogP contribution in [0.4, 0.5) is 0 Å². The molecule has 104 valence electrons. The highest BCUT2D eigenvalue weighted by Crippen LogP contribution is 2.29. The van der Waals surface area contributed by atoms with Crippen LogP contribution in [-0.4, -0.2) is 28.0 Å². The van der Waals surface area contributed by atoms with Gasteiger partial charge in [0.05, 0.1) is 11.5 Å². The number of aryl methyl sites for hydroxylation is 1. The summed E-state index contributed by atoms with van der Waals surface area (Å²) in [5.41, 5.74) is 0.997. The second-order valence-corrected chi connectivity index (χ2v) is 5.95. The van der Waals surface area contributed by atoms with Crippen LogP contribution >= 0.6 is 0 Å². The maximum Gasteiger partial charge on any atom is 0.106 e. The average Bonchev–Trinajstić information content (AvgIpc) is 2.84. The lowest BCUT2D eigenvalue weighted by molar-refractivity contribution is 0.135. The van der Waals surface area contributed by atoms with E-state index in [1.165, 1.54) is 18.5 Å². The van der Waals surface area contributed by atoms with Crippen LogP contribution in [0.5, 0.6) is 0 Å². The number of hydrogen-bond donors (Lipinski definition) is 1. The van der Waals surface area contributed by atoms with Crippen molar-refractivity contribution in [2.24, 2.45) is 5.41 Å². The lowest BCUT2D eigenvalue weighted by Gasteiger charge is -2.35. The van der Waals surface area contributed by atoms with Gasteiger partial charge in [0.25, 0.3) is 0 Å². The van der Waals surface area contributed by atoms with Gasteiger partial charge in [-0.25, -0.2) is 4.98 Å². The Morgan fingerprint density at radius 2 is 2.42 bits per heavy atom. The first-order chi connectivity index (χ1) is 9.15. The maximum absolute atomic E-state index is 9.24. The Morgan fingerprint density at radius 1 is 1.58 bits per heavy atom. The third-order valence-corrected chi connectivity index (χ3v) is 3.89. The first-order valence-electron chi connectivity index (χ1n) is 7.31. The highest BCUT2D eigenvalue weighted by molar-refractivity contribution is 5.04. The fourth-order valence-corrected chi connectivity index (χ4v) is 2.77.